The van der Waals surface area contributed by atoms with E-state index in [0.717, 1.165) is 46.1 Å². The largest absolute Gasteiger partial charge is 0.326 e. The fourth-order valence-corrected chi connectivity index (χ4v) is 5.31. The van der Waals surface area contributed by atoms with Crippen molar-refractivity contribution in [2.45, 2.75) is 38.6 Å². The van der Waals surface area contributed by atoms with Crippen molar-refractivity contribution in [2.75, 3.05) is 26.7 Å². The Morgan fingerprint density at radius 1 is 1.07 bits per heavy atom. The SMILES string of the molecule is C[n+]1c2ccccc2nc2c1c1cc(F)ccc1n2CCCC[N+]1(C)CCCCC1. The molecule has 1 saturated heterocycles. The van der Waals surface area contributed by atoms with Crippen LogP contribution in [0.25, 0.3) is 33.1 Å². The van der Waals surface area contributed by atoms with Crippen LogP contribution in [0.15, 0.2) is 42.5 Å². The van der Waals surface area contributed by atoms with Crippen molar-refractivity contribution in [3.05, 3.63) is 48.3 Å². The summed E-state index contributed by atoms with van der Waals surface area (Å²) in [6.45, 7) is 4.79. The van der Waals surface area contributed by atoms with E-state index in [1.807, 2.05) is 18.2 Å². The lowest BCUT2D eigenvalue weighted by Gasteiger charge is -2.37. The van der Waals surface area contributed by atoms with Gasteiger partial charge in [-0.05, 0) is 56.4 Å². The van der Waals surface area contributed by atoms with Gasteiger partial charge in [-0.25, -0.2) is 9.37 Å². The molecule has 0 bridgehead atoms. The molecule has 0 unspecified atom stereocenters. The molecule has 4 nitrogen and oxygen atoms in total. The number of likely N-dealkylation sites (tertiary alicyclic amines) is 1. The van der Waals surface area contributed by atoms with Crippen LogP contribution in [0.3, 0.4) is 0 Å². The van der Waals surface area contributed by atoms with Crippen molar-refractivity contribution in [3.63, 3.8) is 0 Å². The van der Waals surface area contributed by atoms with Crippen molar-refractivity contribution < 1.29 is 13.4 Å². The van der Waals surface area contributed by atoms with Gasteiger partial charge in [0.05, 0.1) is 37.6 Å². The average molecular weight is 407 g/mol. The van der Waals surface area contributed by atoms with Crippen molar-refractivity contribution >= 4 is 33.1 Å². The lowest BCUT2D eigenvalue weighted by atomic mass is 10.1. The first-order chi connectivity index (χ1) is 14.6. The van der Waals surface area contributed by atoms with Gasteiger partial charge in [0.1, 0.15) is 18.4 Å². The predicted molar refractivity (Wildman–Crippen MR) is 120 cm³/mol. The van der Waals surface area contributed by atoms with Crippen LogP contribution in [-0.2, 0) is 13.6 Å². The van der Waals surface area contributed by atoms with Crippen LogP contribution in [0, 0.1) is 5.82 Å². The summed E-state index contributed by atoms with van der Waals surface area (Å²) < 4.78 is 19.8. The summed E-state index contributed by atoms with van der Waals surface area (Å²) in [5.41, 5.74) is 5.08. The van der Waals surface area contributed by atoms with Crippen molar-refractivity contribution in [1.29, 1.82) is 0 Å². The van der Waals surface area contributed by atoms with E-state index in [0.29, 0.717) is 0 Å². The summed E-state index contributed by atoms with van der Waals surface area (Å²) in [7, 11) is 4.47. The Morgan fingerprint density at radius 2 is 1.87 bits per heavy atom. The van der Waals surface area contributed by atoms with Gasteiger partial charge in [-0.15, -0.1) is 0 Å². The quantitative estimate of drug-likeness (QED) is 0.267. The molecule has 0 atom stereocenters. The molecule has 5 heteroatoms. The number of halogens is 1. The highest BCUT2D eigenvalue weighted by atomic mass is 19.1. The van der Waals surface area contributed by atoms with Crippen LogP contribution in [0.1, 0.15) is 32.1 Å². The van der Waals surface area contributed by atoms with E-state index in [1.165, 1.54) is 49.8 Å². The summed E-state index contributed by atoms with van der Waals surface area (Å²) in [5, 5.41) is 0.945. The lowest BCUT2D eigenvalue weighted by molar-refractivity contribution is -0.914. The molecule has 30 heavy (non-hydrogen) atoms. The summed E-state index contributed by atoms with van der Waals surface area (Å²) >= 11 is 0. The molecule has 1 fully saturated rings. The van der Waals surface area contributed by atoms with Crippen molar-refractivity contribution in [2.24, 2.45) is 7.05 Å². The standard InChI is InChI=1S/C25H31FN4/c1-28-23-11-5-4-10-21(23)27-25-24(28)20-18-19(26)12-13-22(20)29(25)14-6-9-17-30(2)15-7-3-8-16-30/h4-5,10-13,18H,3,6-9,14-17H2,1-2H3/q+2. The van der Waals surface area contributed by atoms with E-state index in [1.54, 1.807) is 12.1 Å². The molecule has 0 aliphatic carbocycles. The number of quaternary nitrogens is 1. The number of aryl methyl sites for hydroxylation is 2. The highest BCUT2D eigenvalue weighted by Gasteiger charge is 2.25. The molecule has 1 aliphatic heterocycles. The molecule has 0 N–H and O–H groups in total. The van der Waals surface area contributed by atoms with E-state index >= 15 is 0 Å². The molecule has 0 radical (unpaired) electrons. The van der Waals surface area contributed by atoms with Gasteiger partial charge in [-0.1, -0.05) is 12.1 Å². The zero-order valence-electron chi connectivity index (χ0n) is 18.1. The normalized spacial score (nSPS) is 16.6. The number of hydrogen-bond acceptors (Lipinski definition) is 1. The zero-order valence-corrected chi connectivity index (χ0v) is 18.1. The van der Waals surface area contributed by atoms with E-state index in [2.05, 4.69) is 35.4 Å². The molecule has 2 aromatic carbocycles. The Balaban J connectivity index is 1.51. The van der Waals surface area contributed by atoms with E-state index in [-0.39, 0.29) is 5.82 Å². The van der Waals surface area contributed by atoms with E-state index in [4.69, 9.17) is 4.98 Å². The monoisotopic (exact) mass is 406 g/mol. The average Bonchev–Trinajstić information content (AvgIpc) is 3.04. The predicted octanol–water partition coefficient (Wildman–Crippen LogP) is 4.72. The smallest absolute Gasteiger partial charge is 0.258 e. The number of hydrogen-bond donors (Lipinski definition) is 0. The summed E-state index contributed by atoms with van der Waals surface area (Å²) in [4.78, 5) is 5.00. The topological polar surface area (TPSA) is 21.7 Å². The van der Waals surface area contributed by atoms with Gasteiger partial charge >= 0.3 is 0 Å². The fourth-order valence-electron chi connectivity index (χ4n) is 5.31. The number of rotatable bonds is 5. The van der Waals surface area contributed by atoms with Gasteiger partial charge in [0.2, 0.25) is 11.2 Å². The molecule has 2 aromatic heterocycles. The molecule has 0 spiro atoms. The molecule has 4 aromatic rings. The number of unbranched alkanes of at least 4 members (excludes halogenated alkanes) is 1. The number of fused-ring (bicyclic) bond motifs is 4. The Morgan fingerprint density at radius 3 is 2.70 bits per heavy atom. The second-order valence-corrected chi connectivity index (χ2v) is 9.20. The van der Waals surface area contributed by atoms with Crippen molar-refractivity contribution in [3.8, 4) is 0 Å². The van der Waals surface area contributed by atoms with Crippen LogP contribution in [0.2, 0.25) is 0 Å². The van der Waals surface area contributed by atoms with Crippen LogP contribution in [0.4, 0.5) is 4.39 Å². The van der Waals surface area contributed by atoms with Crippen LogP contribution in [0.5, 0.6) is 0 Å². The Bertz CT molecular complexity index is 1220. The maximum Gasteiger partial charge on any atom is 0.258 e. The maximum atomic E-state index is 14.1. The summed E-state index contributed by atoms with van der Waals surface area (Å²) in [5.74, 6) is -0.197. The second-order valence-electron chi connectivity index (χ2n) is 9.20. The molecule has 0 saturated carbocycles. The molecule has 3 heterocycles. The highest BCUT2D eigenvalue weighted by molar-refractivity contribution is 6.03. The number of aromatic nitrogens is 3. The van der Waals surface area contributed by atoms with Crippen LogP contribution in [-0.4, -0.2) is 40.7 Å². The molecular weight excluding hydrogens is 375 g/mol. The van der Waals surface area contributed by atoms with Gasteiger partial charge in [0, 0.05) is 12.6 Å². The highest BCUT2D eigenvalue weighted by Crippen LogP contribution is 2.28. The second kappa shape index (κ2) is 7.62. The van der Waals surface area contributed by atoms with Gasteiger partial charge in [-0.3, -0.25) is 0 Å². The van der Waals surface area contributed by atoms with Gasteiger partial charge < -0.3 is 9.05 Å². The third kappa shape index (κ3) is 3.35. The first-order valence-corrected chi connectivity index (χ1v) is 11.3. The molecule has 0 amide bonds. The Labute approximate surface area is 177 Å². The van der Waals surface area contributed by atoms with E-state index < -0.39 is 0 Å². The molecule has 5 rings (SSSR count). The third-order valence-electron chi connectivity index (χ3n) is 7.00. The van der Waals surface area contributed by atoms with Gasteiger partial charge in [-0.2, -0.15) is 4.57 Å². The molecule has 1 aliphatic rings. The minimum absolute atomic E-state index is 0.197. The number of benzene rings is 2. The summed E-state index contributed by atoms with van der Waals surface area (Å²) in [6, 6.07) is 13.3. The first-order valence-electron chi connectivity index (χ1n) is 11.3. The lowest BCUT2D eigenvalue weighted by Crippen LogP contribution is -2.48. The number of piperidine rings is 1. The first kappa shape index (κ1) is 19.4. The van der Waals surface area contributed by atoms with Crippen LogP contribution < -0.4 is 4.57 Å². The zero-order chi connectivity index (χ0) is 20.7. The van der Waals surface area contributed by atoms with Gasteiger partial charge in [0.15, 0.2) is 0 Å². The maximum absolute atomic E-state index is 14.1. The summed E-state index contributed by atoms with van der Waals surface area (Å²) in [6.07, 6.45) is 6.44. The minimum Gasteiger partial charge on any atom is -0.326 e. The Hall–Kier alpha value is -2.53. The third-order valence-corrected chi connectivity index (χ3v) is 7.00. The number of nitrogens with zero attached hydrogens (tertiary/aromatic N) is 4. The Kier molecular flexibility index (Phi) is 4.94. The number of para-hydroxylation sites is 2. The van der Waals surface area contributed by atoms with Gasteiger partial charge in [0.25, 0.3) is 5.52 Å². The molecular formula is C25H31FN4+2. The minimum atomic E-state index is -0.197. The van der Waals surface area contributed by atoms with Crippen LogP contribution >= 0.6 is 0 Å². The van der Waals surface area contributed by atoms with E-state index in [9.17, 15) is 4.39 Å². The fraction of sp³-hybridized carbons (Fsp3) is 0.440. The molecule has 156 valence electrons. The van der Waals surface area contributed by atoms with Crippen molar-refractivity contribution in [1.82, 2.24) is 9.55 Å².